The Morgan fingerprint density at radius 2 is 1.94 bits per heavy atom. The van der Waals surface area contributed by atoms with E-state index in [0.29, 0.717) is 17.7 Å². The number of ether oxygens (including phenoxy) is 1. The summed E-state index contributed by atoms with van der Waals surface area (Å²) in [7, 11) is 1.32. The van der Waals surface area contributed by atoms with Gasteiger partial charge in [0.2, 0.25) is 0 Å². The molecule has 3 rings (SSSR count). The lowest BCUT2D eigenvalue weighted by Crippen LogP contribution is -2.36. The molecule has 0 saturated carbocycles. The Bertz CT molecular complexity index is 1020. The summed E-state index contributed by atoms with van der Waals surface area (Å²) in [6.07, 6.45) is 6.66. The van der Waals surface area contributed by atoms with Gasteiger partial charge in [-0.2, -0.15) is 8.78 Å². The maximum atomic E-state index is 14.2. The fourth-order valence-corrected chi connectivity index (χ4v) is 5.42. The highest BCUT2D eigenvalue weighted by Gasteiger charge is 2.52. The van der Waals surface area contributed by atoms with Crippen LogP contribution in [0.5, 0.6) is 0 Å². The fraction of sp³-hybridized carbons (Fsp3) is 0.500. The minimum Gasteiger partial charge on any atom is -0.465 e. The third-order valence-corrected chi connectivity index (χ3v) is 7.77. The molecule has 0 aliphatic carbocycles. The summed E-state index contributed by atoms with van der Waals surface area (Å²) in [5.41, 5.74) is 1.29. The van der Waals surface area contributed by atoms with Crippen LogP contribution in [0.25, 0.3) is 0 Å². The lowest BCUT2D eigenvalue weighted by molar-refractivity contribution is -0.148. The number of carbonyl (C=O) groups is 2. The number of methoxy groups -OCH3 is 1. The molecule has 1 amide bonds. The number of carbonyl (C=O) groups excluding carboxylic acids is 2. The van der Waals surface area contributed by atoms with Gasteiger partial charge in [-0.15, -0.1) is 11.3 Å². The molecule has 1 aliphatic rings. The van der Waals surface area contributed by atoms with Crippen molar-refractivity contribution in [3.05, 3.63) is 69.9 Å². The van der Waals surface area contributed by atoms with Crippen molar-refractivity contribution in [1.82, 2.24) is 4.90 Å². The molecule has 36 heavy (non-hydrogen) atoms. The average molecular weight is 520 g/mol. The standard InChI is InChI=1S/C28H35F2NO4S/c1-20(9-6-7-12-21-10-4-3-5-11-21)24(32)16-14-22-19-28(29,30)27(34)31(22)18-8-13-23-15-17-25(36-23)26(33)35-2/h3-5,10-11,14-17,20,22,24,32H,6-9,12-13,18-19H2,1-2H3/b16-14+/t20?,22-,24-/m0/s1. The Morgan fingerprint density at radius 1 is 1.19 bits per heavy atom. The molecule has 0 spiro atoms. The number of hydrogen-bond acceptors (Lipinski definition) is 5. The van der Waals surface area contributed by atoms with Crippen molar-refractivity contribution in [2.75, 3.05) is 13.7 Å². The van der Waals surface area contributed by atoms with E-state index in [1.807, 2.05) is 31.2 Å². The van der Waals surface area contributed by atoms with Gasteiger partial charge in [0.15, 0.2) is 0 Å². The molecule has 1 fully saturated rings. The zero-order valence-corrected chi connectivity index (χ0v) is 21.7. The SMILES string of the molecule is COC(=O)c1ccc(CCCN2C(=O)C(F)(F)C[C@@H]2/C=C/[C@H](O)C(C)CCCCc2ccccc2)s1. The van der Waals surface area contributed by atoms with Gasteiger partial charge in [0, 0.05) is 17.8 Å². The third kappa shape index (κ3) is 7.71. The summed E-state index contributed by atoms with van der Waals surface area (Å²) in [4.78, 5) is 26.5. The first-order valence-electron chi connectivity index (χ1n) is 12.5. The maximum absolute atomic E-state index is 14.2. The summed E-state index contributed by atoms with van der Waals surface area (Å²) < 4.78 is 33.1. The van der Waals surface area contributed by atoms with Gasteiger partial charge in [0.25, 0.3) is 5.91 Å². The molecule has 0 radical (unpaired) electrons. The minimum atomic E-state index is -3.40. The van der Waals surface area contributed by atoms with E-state index in [1.54, 1.807) is 18.2 Å². The van der Waals surface area contributed by atoms with Crippen LogP contribution in [0.4, 0.5) is 8.78 Å². The molecule has 0 bridgehead atoms. The van der Waals surface area contributed by atoms with E-state index in [-0.39, 0.29) is 12.5 Å². The van der Waals surface area contributed by atoms with Crippen LogP contribution >= 0.6 is 11.3 Å². The topological polar surface area (TPSA) is 66.8 Å². The van der Waals surface area contributed by atoms with Crippen LogP contribution in [0.2, 0.25) is 0 Å². The first-order valence-corrected chi connectivity index (χ1v) is 13.3. The smallest absolute Gasteiger partial charge is 0.348 e. The number of amides is 1. The van der Waals surface area contributed by atoms with Crippen LogP contribution in [0.1, 0.15) is 59.1 Å². The van der Waals surface area contributed by atoms with Crippen molar-refractivity contribution >= 4 is 23.2 Å². The monoisotopic (exact) mass is 519 g/mol. The number of aryl methyl sites for hydroxylation is 2. The van der Waals surface area contributed by atoms with Crippen molar-refractivity contribution in [3.8, 4) is 0 Å². The highest BCUT2D eigenvalue weighted by atomic mass is 32.1. The highest BCUT2D eigenvalue weighted by Crippen LogP contribution is 2.34. The first-order chi connectivity index (χ1) is 17.2. The largest absolute Gasteiger partial charge is 0.465 e. The van der Waals surface area contributed by atoms with Gasteiger partial charge in [0.05, 0.1) is 19.3 Å². The zero-order valence-electron chi connectivity index (χ0n) is 20.9. The molecule has 2 heterocycles. The average Bonchev–Trinajstić information content (AvgIpc) is 3.43. The van der Waals surface area contributed by atoms with Crippen molar-refractivity contribution in [2.45, 2.75) is 69.9 Å². The molecule has 3 atom stereocenters. The second kappa shape index (κ2) is 13.1. The Labute approximate surface area is 215 Å². The minimum absolute atomic E-state index is 0.00840. The molecule has 196 valence electrons. The van der Waals surface area contributed by atoms with Crippen molar-refractivity contribution < 1.29 is 28.2 Å². The number of aliphatic hydroxyl groups excluding tert-OH is 1. The molecule has 8 heteroatoms. The lowest BCUT2D eigenvalue weighted by atomic mass is 9.95. The molecular formula is C28H35F2NO4S. The Hall–Kier alpha value is -2.58. The Morgan fingerprint density at radius 3 is 2.67 bits per heavy atom. The summed E-state index contributed by atoms with van der Waals surface area (Å²) >= 11 is 1.30. The number of benzene rings is 1. The number of thiophene rings is 1. The van der Waals surface area contributed by atoms with E-state index in [0.717, 1.165) is 30.6 Å². The number of halogens is 2. The second-order valence-corrected chi connectivity index (χ2v) is 10.6. The summed E-state index contributed by atoms with van der Waals surface area (Å²) in [5, 5.41) is 10.6. The van der Waals surface area contributed by atoms with Crippen LogP contribution in [-0.4, -0.2) is 53.6 Å². The molecule has 1 aromatic heterocycles. The van der Waals surface area contributed by atoms with Crippen LogP contribution < -0.4 is 0 Å². The van der Waals surface area contributed by atoms with Gasteiger partial charge in [-0.3, -0.25) is 4.79 Å². The van der Waals surface area contributed by atoms with E-state index in [4.69, 9.17) is 4.74 Å². The van der Waals surface area contributed by atoms with Crippen LogP contribution in [0.3, 0.4) is 0 Å². The normalized spacial score (nSPS) is 19.1. The van der Waals surface area contributed by atoms with Crippen molar-refractivity contribution in [2.24, 2.45) is 5.92 Å². The molecule has 1 aliphatic heterocycles. The van der Waals surface area contributed by atoms with Crippen LogP contribution in [0.15, 0.2) is 54.6 Å². The Kier molecular flexibility index (Phi) is 10.2. The van der Waals surface area contributed by atoms with Crippen LogP contribution in [-0.2, 0) is 22.4 Å². The number of likely N-dealkylation sites (tertiary alicyclic amines) is 1. The number of rotatable bonds is 13. The van der Waals surface area contributed by atoms with Crippen LogP contribution in [0, 0.1) is 5.92 Å². The Balaban J connectivity index is 1.48. The molecule has 5 nitrogen and oxygen atoms in total. The molecular weight excluding hydrogens is 484 g/mol. The van der Waals surface area contributed by atoms with E-state index < -0.39 is 36.4 Å². The van der Waals surface area contributed by atoms with Crippen molar-refractivity contribution in [1.29, 1.82) is 0 Å². The number of aliphatic hydroxyl groups is 1. The van der Waals surface area contributed by atoms with Gasteiger partial charge < -0.3 is 14.7 Å². The summed E-state index contributed by atoms with van der Waals surface area (Å²) in [5.74, 6) is -4.98. The zero-order chi connectivity index (χ0) is 26.1. The van der Waals surface area contributed by atoms with Gasteiger partial charge in [-0.1, -0.05) is 55.8 Å². The fourth-order valence-electron chi connectivity index (χ4n) is 4.45. The molecule has 1 aromatic carbocycles. The van der Waals surface area contributed by atoms with E-state index >= 15 is 0 Å². The number of esters is 1. The van der Waals surface area contributed by atoms with Gasteiger partial charge in [-0.05, 0) is 55.7 Å². The summed E-state index contributed by atoms with van der Waals surface area (Å²) in [6.45, 7) is 2.13. The number of alkyl halides is 2. The third-order valence-electron chi connectivity index (χ3n) is 6.64. The van der Waals surface area contributed by atoms with E-state index in [9.17, 15) is 23.5 Å². The predicted octanol–water partition coefficient (Wildman–Crippen LogP) is 5.67. The highest BCUT2D eigenvalue weighted by molar-refractivity contribution is 7.13. The van der Waals surface area contributed by atoms with Gasteiger partial charge in [0.1, 0.15) is 4.88 Å². The maximum Gasteiger partial charge on any atom is 0.348 e. The first kappa shape index (κ1) is 28.0. The quantitative estimate of drug-likeness (QED) is 0.210. The predicted molar refractivity (Wildman–Crippen MR) is 137 cm³/mol. The van der Waals surface area contributed by atoms with E-state index in [2.05, 4.69) is 12.1 Å². The molecule has 1 saturated heterocycles. The van der Waals surface area contributed by atoms with E-state index in [1.165, 1.54) is 28.9 Å². The molecule has 1 unspecified atom stereocenters. The number of unbranched alkanes of at least 4 members (excludes halogenated alkanes) is 1. The van der Waals surface area contributed by atoms with Crippen molar-refractivity contribution in [3.63, 3.8) is 0 Å². The molecule has 2 aromatic rings. The van der Waals surface area contributed by atoms with Gasteiger partial charge >= 0.3 is 11.9 Å². The van der Waals surface area contributed by atoms with Gasteiger partial charge in [-0.25, -0.2) is 4.79 Å². The summed E-state index contributed by atoms with van der Waals surface area (Å²) in [6, 6.07) is 13.0. The second-order valence-electron chi connectivity index (χ2n) is 9.42. The number of nitrogens with zero attached hydrogens (tertiary/aromatic N) is 1. The lowest BCUT2D eigenvalue weighted by Gasteiger charge is -2.22. The molecule has 1 N–H and O–H groups in total. The number of hydrogen-bond donors (Lipinski definition) is 1.